The number of benzene rings is 7. The number of hydrogen-bond donors (Lipinski definition) is 0. The predicted molar refractivity (Wildman–Crippen MR) is 176 cm³/mol. The van der Waals surface area contributed by atoms with Crippen LogP contribution in [0.5, 0.6) is 0 Å². The maximum Gasteiger partial charge on any atom is 0.143 e. The van der Waals surface area contributed by atoms with Crippen LogP contribution in [0, 0.1) is 0 Å². The molecule has 7 aromatic carbocycles. The molecule has 0 atom stereocenters. The standard InChI is InChI=1S/C40H30O/c1-40(2,3)28-19-21-32-35(24-28)38(31-16-10-9-15-30(31)37(32)26-12-5-4-6-13-26)27-18-22-36-34(23-27)33-20-17-25-11-7-8-14-29(25)39(33)41-36/h4-24H,1-3H3. The van der Waals surface area contributed by atoms with Gasteiger partial charge in [0.1, 0.15) is 11.2 Å². The zero-order valence-electron chi connectivity index (χ0n) is 23.5. The van der Waals surface area contributed by atoms with Crippen molar-refractivity contribution in [2.24, 2.45) is 0 Å². The van der Waals surface area contributed by atoms with Crippen molar-refractivity contribution in [2.45, 2.75) is 26.2 Å². The number of furan rings is 1. The summed E-state index contributed by atoms with van der Waals surface area (Å²) in [6.07, 6.45) is 0. The Morgan fingerprint density at radius 2 is 1.07 bits per heavy atom. The highest BCUT2D eigenvalue weighted by atomic mass is 16.3. The van der Waals surface area contributed by atoms with Gasteiger partial charge >= 0.3 is 0 Å². The second-order valence-corrected chi connectivity index (χ2v) is 12.1. The summed E-state index contributed by atoms with van der Waals surface area (Å²) in [6.45, 7) is 6.88. The molecule has 196 valence electrons. The topological polar surface area (TPSA) is 13.1 Å². The molecule has 8 rings (SSSR count). The number of hydrogen-bond acceptors (Lipinski definition) is 1. The Hall–Kier alpha value is -4.88. The third-order valence-corrected chi connectivity index (χ3v) is 8.60. The van der Waals surface area contributed by atoms with Gasteiger partial charge < -0.3 is 4.42 Å². The van der Waals surface area contributed by atoms with E-state index in [2.05, 4.69) is 148 Å². The molecule has 0 saturated carbocycles. The van der Waals surface area contributed by atoms with Crippen LogP contribution in [0.2, 0.25) is 0 Å². The summed E-state index contributed by atoms with van der Waals surface area (Å²) < 4.78 is 6.47. The normalized spacial score (nSPS) is 12.3. The molecule has 0 aliphatic carbocycles. The molecule has 0 spiro atoms. The largest absolute Gasteiger partial charge is 0.455 e. The Morgan fingerprint density at radius 3 is 1.83 bits per heavy atom. The lowest BCUT2D eigenvalue weighted by molar-refractivity contribution is 0.591. The van der Waals surface area contributed by atoms with Gasteiger partial charge in [-0.15, -0.1) is 0 Å². The molecule has 0 aliphatic heterocycles. The maximum absolute atomic E-state index is 6.47. The van der Waals surface area contributed by atoms with E-state index < -0.39 is 0 Å². The van der Waals surface area contributed by atoms with Crippen LogP contribution in [0.3, 0.4) is 0 Å². The van der Waals surface area contributed by atoms with Gasteiger partial charge in [-0.05, 0) is 84.4 Å². The van der Waals surface area contributed by atoms with E-state index in [1.54, 1.807) is 0 Å². The summed E-state index contributed by atoms with van der Waals surface area (Å²) in [5, 5.41) is 9.76. The second-order valence-electron chi connectivity index (χ2n) is 12.1. The molecule has 0 fully saturated rings. The zero-order valence-corrected chi connectivity index (χ0v) is 23.5. The van der Waals surface area contributed by atoms with Gasteiger partial charge in [-0.3, -0.25) is 0 Å². The Balaban J connectivity index is 1.50. The maximum atomic E-state index is 6.47. The number of fused-ring (bicyclic) bond motifs is 7. The Kier molecular flexibility index (Phi) is 5.15. The summed E-state index contributed by atoms with van der Waals surface area (Å²) in [7, 11) is 0. The van der Waals surface area contributed by atoms with Crippen molar-refractivity contribution >= 4 is 54.3 Å². The van der Waals surface area contributed by atoms with Crippen molar-refractivity contribution in [2.75, 3.05) is 0 Å². The fraction of sp³-hybridized carbons (Fsp3) is 0.100. The molecule has 1 heterocycles. The first kappa shape index (κ1) is 24.0. The van der Waals surface area contributed by atoms with Crippen LogP contribution in [0.25, 0.3) is 76.5 Å². The van der Waals surface area contributed by atoms with Crippen molar-refractivity contribution in [3.63, 3.8) is 0 Å². The summed E-state index contributed by atoms with van der Waals surface area (Å²) >= 11 is 0. The molecular formula is C40H30O. The van der Waals surface area contributed by atoms with Crippen LogP contribution in [0.15, 0.2) is 132 Å². The lowest BCUT2D eigenvalue weighted by atomic mass is 9.81. The monoisotopic (exact) mass is 526 g/mol. The highest BCUT2D eigenvalue weighted by molar-refractivity contribution is 6.23. The minimum absolute atomic E-state index is 0.0375. The van der Waals surface area contributed by atoms with Crippen molar-refractivity contribution in [1.29, 1.82) is 0 Å². The van der Waals surface area contributed by atoms with Gasteiger partial charge in [0.15, 0.2) is 0 Å². The SMILES string of the molecule is CC(C)(C)c1ccc2c(-c3ccccc3)c3ccccc3c(-c3ccc4oc5c6ccccc6ccc5c4c3)c2c1. The van der Waals surface area contributed by atoms with E-state index in [-0.39, 0.29) is 5.41 Å². The zero-order chi connectivity index (χ0) is 27.7. The predicted octanol–water partition coefficient (Wildman–Crippen LogP) is 11.7. The fourth-order valence-electron chi connectivity index (χ4n) is 6.53. The molecule has 8 aromatic rings. The van der Waals surface area contributed by atoms with Crippen LogP contribution in [0.4, 0.5) is 0 Å². The second kappa shape index (κ2) is 8.81. The summed E-state index contributed by atoms with van der Waals surface area (Å²) in [4.78, 5) is 0. The van der Waals surface area contributed by atoms with E-state index in [9.17, 15) is 0 Å². The van der Waals surface area contributed by atoms with Crippen molar-refractivity contribution in [3.05, 3.63) is 133 Å². The van der Waals surface area contributed by atoms with E-state index in [1.165, 1.54) is 54.7 Å². The average Bonchev–Trinajstić information content (AvgIpc) is 3.38. The molecule has 0 radical (unpaired) electrons. The summed E-state index contributed by atoms with van der Waals surface area (Å²) in [6, 6.07) is 46.4. The van der Waals surface area contributed by atoms with E-state index >= 15 is 0 Å². The quantitative estimate of drug-likeness (QED) is 0.204. The van der Waals surface area contributed by atoms with Crippen LogP contribution >= 0.6 is 0 Å². The Bertz CT molecular complexity index is 2280. The molecule has 0 bridgehead atoms. The van der Waals surface area contributed by atoms with Gasteiger partial charge in [0.2, 0.25) is 0 Å². The summed E-state index contributed by atoms with van der Waals surface area (Å²) in [5.41, 5.74) is 8.27. The van der Waals surface area contributed by atoms with E-state index in [0.717, 1.165) is 27.3 Å². The molecule has 0 aliphatic rings. The molecule has 0 saturated heterocycles. The average molecular weight is 527 g/mol. The first-order chi connectivity index (χ1) is 20.0. The minimum Gasteiger partial charge on any atom is -0.455 e. The number of rotatable bonds is 2. The van der Waals surface area contributed by atoms with Gasteiger partial charge in [-0.1, -0.05) is 124 Å². The van der Waals surface area contributed by atoms with E-state index in [0.29, 0.717) is 0 Å². The van der Waals surface area contributed by atoms with Gasteiger partial charge in [0, 0.05) is 16.2 Å². The smallest absolute Gasteiger partial charge is 0.143 e. The van der Waals surface area contributed by atoms with Crippen molar-refractivity contribution in [1.82, 2.24) is 0 Å². The third-order valence-electron chi connectivity index (χ3n) is 8.60. The van der Waals surface area contributed by atoms with Crippen LogP contribution in [-0.2, 0) is 5.41 Å². The van der Waals surface area contributed by atoms with E-state index in [4.69, 9.17) is 4.42 Å². The molecule has 1 aromatic heterocycles. The molecule has 0 N–H and O–H groups in total. The first-order valence-electron chi connectivity index (χ1n) is 14.4. The molecule has 1 heteroatoms. The van der Waals surface area contributed by atoms with E-state index in [1.807, 2.05) is 0 Å². The Morgan fingerprint density at radius 1 is 0.439 bits per heavy atom. The van der Waals surface area contributed by atoms with Crippen molar-refractivity contribution in [3.8, 4) is 22.3 Å². The lowest BCUT2D eigenvalue weighted by Gasteiger charge is -2.23. The first-order valence-corrected chi connectivity index (χ1v) is 14.4. The summed E-state index contributed by atoms with van der Waals surface area (Å²) in [5.74, 6) is 0. The molecule has 0 unspecified atom stereocenters. The fourth-order valence-corrected chi connectivity index (χ4v) is 6.53. The van der Waals surface area contributed by atoms with Crippen LogP contribution in [0.1, 0.15) is 26.3 Å². The molecule has 41 heavy (non-hydrogen) atoms. The van der Waals surface area contributed by atoms with Gasteiger partial charge in [0.05, 0.1) is 0 Å². The molecule has 1 nitrogen and oxygen atoms in total. The lowest BCUT2D eigenvalue weighted by Crippen LogP contribution is -2.10. The molecule has 0 amide bonds. The van der Waals surface area contributed by atoms with Crippen molar-refractivity contribution < 1.29 is 4.42 Å². The minimum atomic E-state index is 0.0375. The third kappa shape index (κ3) is 3.69. The van der Waals surface area contributed by atoms with Gasteiger partial charge in [0.25, 0.3) is 0 Å². The van der Waals surface area contributed by atoms with Gasteiger partial charge in [-0.25, -0.2) is 0 Å². The van der Waals surface area contributed by atoms with Crippen LogP contribution < -0.4 is 0 Å². The van der Waals surface area contributed by atoms with Crippen LogP contribution in [-0.4, -0.2) is 0 Å². The highest BCUT2D eigenvalue weighted by Crippen LogP contribution is 2.46. The van der Waals surface area contributed by atoms with Gasteiger partial charge in [-0.2, -0.15) is 0 Å². The highest BCUT2D eigenvalue weighted by Gasteiger charge is 2.21. The molecular weight excluding hydrogens is 496 g/mol. The Labute approximate surface area is 239 Å².